The minimum Gasteiger partial charge on any atom is -0.378 e. The largest absolute Gasteiger partial charge is 0.378 e. The van der Waals surface area contributed by atoms with Gasteiger partial charge in [-0.15, -0.1) is 0 Å². The second-order valence-electron chi connectivity index (χ2n) is 3.62. The second-order valence-corrected chi connectivity index (χ2v) is 3.62. The van der Waals surface area contributed by atoms with E-state index in [4.69, 9.17) is 4.74 Å². The first-order valence-corrected chi connectivity index (χ1v) is 5.40. The molecule has 0 amide bonds. The predicted molar refractivity (Wildman–Crippen MR) is 54.4 cm³/mol. The van der Waals surface area contributed by atoms with Gasteiger partial charge >= 0.3 is 0 Å². The highest BCUT2D eigenvalue weighted by Crippen LogP contribution is 2.18. The lowest BCUT2D eigenvalue weighted by Gasteiger charge is -2.23. The molecule has 1 aliphatic rings. The minimum atomic E-state index is 0.578. The molecule has 0 aromatic rings. The lowest BCUT2D eigenvalue weighted by Crippen LogP contribution is -2.20. The zero-order valence-corrected chi connectivity index (χ0v) is 9.10. The normalized spacial score (nSPS) is 23.2. The highest BCUT2D eigenvalue weighted by Gasteiger charge is 2.14. The maximum atomic E-state index is 5.59. The first kappa shape index (κ1) is 12.0. The van der Waals surface area contributed by atoms with E-state index in [0.717, 1.165) is 12.5 Å². The Hall–Kier alpha value is -0.0400. The van der Waals surface area contributed by atoms with Gasteiger partial charge in [0.15, 0.2) is 0 Å². The van der Waals surface area contributed by atoms with E-state index in [2.05, 4.69) is 13.8 Å². The summed E-state index contributed by atoms with van der Waals surface area (Å²) in [5.41, 5.74) is 0. The van der Waals surface area contributed by atoms with Crippen molar-refractivity contribution < 1.29 is 4.74 Å². The van der Waals surface area contributed by atoms with Gasteiger partial charge in [-0.25, -0.2) is 0 Å². The molecular formula is C11H24O. The van der Waals surface area contributed by atoms with Crippen LogP contribution in [0.15, 0.2) is 0 Å². The van der Waals surface area contributed by atoms with E-state index in [0.29, 0.717) is 6.10 Å². The molecule has 1 saturated heterocycles. The lowest BCUT2D eigenvalue weighted by atomic mass is 10.00. The highest BCUT2D eigenvalue weighted by atomic mass is 16.5. The third-order valence-corrected chi connectivity index (χ3v) is 2.01. The summed E-state index contributed by atoms with van der Waals surface area (Å²) in [4.78, 5) is 0. The third-order valence-electron chi connectivity index (χ3n) is 2.01. The van der Waals surface area contributed by atoms with Gasteiger partial charge in [-0.3, -0.25) is 0 Å². The molecule has 0 N–H and O–H groups in total. The van der Waals surface area contributed by atoms with Crippen LogP contribution >= 0.6 is 0 Å². The molecule has 74 valence electrons. The molecule has 1 heteroatoms. The SMILES string of the molecule is CC.CC(C)CC1CCCCO1. The fraction of sp³-hybridized carbons (Fsp3) is 1.00. The number of hydrogen-bond donors (Lipinski definition) is 0. The van der Waals surface area contributed by atoms with E-state index >= 15 is 0 Å². The zero-order valence-electron chi connectivity index (χ0n) is 9.10. The molecule has 1 unspecified atom stereocenters. The van der Waals surface area contributed by atoms with Crippen molar-refractivity contribution in [2.75, 3.05) is 6.61 Å². The number of ether oxygens (including phenoxy) is 1. The molecule has 1 atom stereocenters. The van der Waals surface area contributed by atoms with Crippen LogP contribution < -0.4 is 0 Å². The molecule has 0 aliphatic carbocycles. The van der Waals surface area contributed by atoms with Crippen molar-refractivity contribution in [3.63, 3.8) is 0 Å². The van der Waals surface area contributed by atoms with Gasteiger partial charge in [0.25, 0.3) is 0 Å². The van der Waals surface area contributed by atoms with Gasteiger partial charge in [0, 0.05) is 6.61 Å². The summed E-state index contributed by atoms with van der Waals surface area (Å²) in [6, 6.07) is 0. The first-order valence-electron chi connectivity index (χ1n) is 5.40. The Balaban J connectivity index is 0.000000561. The molecular weight excluding hydrogens is 148 g/mol. The highest BCUT2D eigenvalue weighted by molar-refractivity contribution is 4.64. The van der Waals surface area contributed by atoms with Gasteiger partial charge in [0.05, 0.1) is 6.10 Å². The molecule has 1 rings (SSSR count). The second kappa shape index (κ2) is 7.60. The van der Waals surface area contributed by atoms with Crippen LogP contribution in [0.2, 0.25) is 0 Å². The maximum Gasteiger partial charge on any atom is 0.0577 e. The van der Waals surface area contributed by atoms with Gasteiger partial charge in [-0.2, -0.15) is 0 Å². The average molecular weight is 172 g/mol. The van der Waals surface area contributed by atoms with Crippen molar-refractivity contribution in [3.05, 3.63) is 0 Å². The average Bonchev–Trinajstić information content (AvgIpc) is 2.08. The minimum absolute atomic E-state index is 0.578. The van der Waals surface area contributed by atoms with Crippen LogP contribution in [-0.4, -0.2) is 12.7 Å². The van der Waals surface area contributed by atoms with Crippen LogP contribution in [0.1, 0.15) is 53.4 Å². The lowest BCUT2D eigenvalue weighted by molar-refractivity contribution is 0.00420. The molecule has 0 spiro atoms. The van der Waals surface area contributed by atoms with Crippen LogP contribution in [0.25, 0.3) is 0 Å². The Bertz CT molecular complexity index is 83.0. The fourth-order valence-electron chi connectivity index (χ4n) is 1.52. The van der Waals surface area contributed by atoms with Gasteiger partial charge < -0.3 is 4.74 Å². The summed E-state index contributed by atoms with van der Waals surface area (Å²) in [6.07, 6.45) is 5.76. The monoisotopic (exact) mass is 172 g/mol. The van der Waals surface area contributed by atoms with Gasteiger partial charge in [-0.05, 0) is 31.6 Å². The molecule has 1 fully saturated rings. The fourth-order valence-corrected chi connectivity index (χ4v) is 1.52. The van der Waals surface area contributed by atoms with Crippen molar-refractivity contribution in [2.24, 2.45) is 5.92 Å². The van der Waals surface area contributed by atoms with Gasteiger partial charge in [-0.1, -0.05) is 27.7 Å². The van der Waals surface area contributed by atoms with Crippen LogP contribution in [0.3, 0.4) is 0 Å². The van der Waals surface area contributed by atoms with Crippen molar-refractivity contribution >= 4 is 0 Å². The molecule has 0 radical (unpaired) electrons. The van der Waals surface area contributed by atoms with Crippen LogP contribution in [0.5, 0.6) is 0 Å². The number of hydrogen-bond acceptors (Lipinski definition) is 1. The standard InChI is InChI=1S/C9H18O.C2H6/c1-8(2)7-9-5-3-4-6-10-9;1-2/h8-9H,3-7H2,1-2H3;1-2H3. The molecule has 0 aromatic heterocycles. The summed E-state index contributed by atoms with van der Waals surface area (Å²) in [7, 11) is 0. The smallest absolute Gasteiger partial charge is 0.0577 e. The van der Waals surface area contributed by atoms with E-state index in [1.807, 2.05) is 13.8 Å². The van der Waals surface area contributed by atoms with Crippen molar-refractivity contribution in [1.29, 1.82) is 0 Å². The Morgan fingerprint density at radius 2 is 1.92 bits per heavy atom. The van der Waals surface area contributed by atoms with Crippen molar-refractivity contribution in [3.8, 4) is 0 Å². The quantitative estimate of drug-likeness (QED) is 0.618. The molecule has 1 nitrogen and oxygen atoms in total. The summed E-state index contributed by atoms with van der Waals surface area (Å²) in [6.45, 7) is 9.52. The molecule has 1 aliphatic heterocycles. The van der Waals surface area contributed by atoms with Gasteiger partial charge in [0.1, 0.15) is 0 Å². The van der Waals surface area contributed by atoms with E-state index in [9.17, 15) is 0 Å². The summed E-state index contributed by atoms with van der Waals surface area (Å²) < 4.78 is 5.59. The Labute approximate surface area is 77.5 Å². The summed E-state index contributed by atoms with van der Waals surface area (Å²) >= 11 is 0. The van der Waals surface area contributed by atoms with Gasteiger partial charge in [0.2, 0.25) is 0 Å². The van der Waals surface area contributed by atoms with E-state index < -0.39 is 0 Å². The number of rotatable bonds is 2. The first-order chi connectivity index (χ1) is 5.79. The zero-order chi connectivity index (χ0) is 9.40. The molecule has 0 aromatic carbocycles. The van der Waals surface area contributed by atoms with Crippen LogP contribution in [0, 0.1) is 5.92 Å². The topological polar surface area (TPSA) is 9.23 Å². The molecule has 0 bridgehead atoms. The predicted octanol–water partition coefficient (Wildman–Crippen LogP) is 3.63. The Kier molecular flexibility index (Phi) is 7.58. The molecule has 0 saturated carbocycles. The van der Waals surface area contributed by atoms with E-state index in [1.54, 1.807) is 0 Å². The van der Waals surface area contributed by atoms with E-state index in [1.165, 1.54) is 25.7 Å². The third kappa shape index (κ3) is 5.59. The van der Waals surface area contributed by atoms with Crippen LogP contribution in [-0.2, 0) is 4.74 Å². The molecule has 1 heterocycles. The Morgan fingerprint density at radius 1 is 1.25 bits per heavy atom. The van der Waals surface area contributed by atoms with E-state index in [-0.39, 0.29) is 0 Å². The van der Waals surface area contributed by atoms with Crippen LogP contribution in [0.4, 0.5) is 0 Å². The van der Waals surface area contributed by atoms with Crippen molar-refractivity contribution in [1.82, 2.24) is 0 Å². The summed E-state index contributed by atoms with van der Waals surface area (Å²) in [5.74, 6) is 0.795. The Morgan fingerprint density at radius 3 is 2.33 bits per heavy atom. The van der Waals surface area contributed by atoms with Crippen molar-refractivity contribution in [2.45, 2.75) is 59.5 Å². The molecule has 12 heavy (non-hydrogen) atoms. The summed E-state index contributed by atoms with van der Waals surface area (Å²) in [5, 5.41) is 0. The maximum absolute atomic E-state index is 5.59.